The van der Waals surface area contributed by atoms with E-state index < -0.39 is 0 Å². The number of rotatable bonds is 7. The molecule has 1 aliphatic heterocycles. The third-order valence-corrected chi connectivity index (χ3v) is 7.61. The summed E-state index contributed by atoms with van der Waals surface area (Å²) in [4.78, 5) is 24.5. The zero-order chi connectivity index (χ0) is 22.9. The zero-order valence-electron chi connectivity index (χ0n) is 19.0. The number of carbonyl (C=O) groups excluding carboxylic acids is 1. The second-order valence-corrected chi connectivity index (χ2v) is 10.3. The molecule has 0 bridgehead atoms. The maximum absolute atomic E-state index is 13.1. The number of aromatic nitrogens is 2. The van der Waals surface area contributed by atoms with E-state index in [2.05, 4.69) is 27.1 Å². The fraction of sp³-hybridized carbons (Fsp3) is 0.560. The van der Waals surface area contributed by atoms with E-state index in [1.807, 2.05) is 6.07 Å². The van der Waals surface area contributed by atoms with Gasteiger partial charge in [0.05, 0.1) is 6.61 Å². The third-order valence-electron chi connectivity index (χ3n) is 7.26. The van der Waals surface area contributed by atoms with Crippen molar-refractivity contribution in [3.63, 3.8) is 0 Å². The molecular formula is C25H31ClN4O3. The molecule has 1 saturated heterocycles. The molecule has 5 rings (SSSR count). The second kappa shape index (κ2) is 9.47. The molecule has 1 amide bonds. The Kier molecular flexibility index (Phi) is 6.43. The van der Waals surface area contributed by atoms with Crippen LogP contribution in [0.3, 0.4) is 0 Å². The van der Waals surface area contributed by atoms with Crippen LogP contribution >= 0.6 is 11.6 Å². The van der Waals surface area contributed by atoms with E-state index in [1.54, 1.807) is 18.3 Å². The van der Waals surface area contributed by atoms with Gasteiger partial charge < -0.3 is 20.1 Å². The Hall–Kier alpha value is -2.38. The Labute approximate surface area is 199 Å². The summed E-state index contributed by atoms with van der Waals surface area (Å²) in [5, 5.41) is 13.0. The van der Waals surface area contributed by atoms with Crippen molar-refractivity contribution in [1.82, 2.24) is 15.3 Å². The minimum Gasteiger partial charge on any atom is -0.472 e. The average Bonchev–Trinajstić information content (AvgIpc) is 3.43. The highest BCUT2D eigenvalue weighted by molar-refractivity contribution is 6.31. The van der Waals surface area contributed by atoms with Crippen molar-refractivity contribution in [3.05, 3.63) is 46.1 Å². The first-order valence-electron chi connectivity index (χ1n) is 11.9. The largest absolute Gasteiger partial charge is 0.472 e. The van der Waals surface area contributed by atoms with Crippen LogP contribution in [0.15, 0.2) is 24.4 Å². The highest BCUT2D eigenvalue weighted by atomic mass is 35.5. The maximum atomic E-state index is 13.1. The number of hydrogen-bond acceptors (Lipinski definition) is 6. The van der Waals surface area contributed by atoms with Crippen LogP contribution in [0, 0.1) is 17.8 Å². The van der Waals surface area contributed by atoms with Crippen LogP contribution in [0.4, 0.5) is 5.95 Å². The van der Waals surface area contributed by atoms with Crippen LogP contribution in [0.5, 0.6) is 5.88 Å². The van der Waals surface area contributed by atoms with Gasteiger partial charge in [-0.15, -0.1) is 0 Å². The lowest BCUT2D eigenvalue weighted by Gasteiger charge is -2.27. The van der Waals surface area contributed by atoms with Gasteiger partial charge in [0, 0.05) is 30.4 Å². The first-order chi connectivity index (χ1) is 16.0. The van der Waals surface area contributed by atoms with Crippen LogP contribution in [-0.4, -0.2) is 40.1 Å². The Balaban J connectivity index is 1.34. The summed E-state index contributed by atoms with van der Waals surface area (Å²) in [6, 6.07) is 5.58. The van der Waals surface area contributed by atoms with Crippen LogP contribution in [0.2, 0.25) is 5.02 Å². The van der Waals surface area contributed by atoms with Gasteiger partial charge in [0.25, 0.3) is 5.91 Å². The Morgan fingerprint density at radius 3 is 2.70 bits per heavy atom. The Bertz CT molecular complexity index is 1010. The third kappa shape index (κ3) is 5.09. The number of nitrogens with zero attached hydrogens (tertiary/aromatic N) is 3. The second-order valence-electron chi connectivity index (χ2n) is 9.85. The number of carbonyl (C=O) groups is 1. The molecule has 0 radical (unpaired) electrons. The predicted molar refractivity (Wildman–Crippen MR) is 126 cm³/mol. The Morgan fingerprint density at radius 1 is 1.24 bits per heavy atom. The van der Waals surface area contributed by atoms with Crippen molar-refractivity contribution in [2.24, 2.45) is 17.8 Å². The highest BCUT2D eigenvalue weighted by Gasteiger charge is 2.46. The number of aliphatic hydroxyl groups is 1. The van der Waals surface area contributed by atoms with E-state index in [1.165, 1.54) is 6.42 Å². The summed E-state index contributed by atoms with van der Waals surface area (Å²) in [7, 11) is 0. The quantitative estimate of drug-likeness (QED) is 0.636. The number of hydrogen-bond donors (Lipinski definition) is 2. The van der Waals surface area contributed by atoms with Gasteiger partial charge in [-0.25, -0.2) is 4.98 Å². The van der Waals surface area contributed by atoms with E-state index in [4.69, 9.17) is 16.3 Å². The van der Waals surface area contributed by atoms with E-state index in [9.17, 15) is 9.90 Å². The number of piperidine rings is 1. The molecule has 7 nitrogen and oxygen atoms in total. The standard InChI is InChI=1S/C25H31ClN4O3/c1-15-2-6-20(7-3-15)28-23(32)21-10-27-25(30-11-18-9-19(18)12-30)29-24(21)33-14-16-4-5-17(13-31)22(26)8-16/h4-5,8,10,15,18-20,31H,2-3,6-7,9,11-14H2,1H3,(H,28,32). The van der Waals surface area contributed by atoms with Crippen LogP contribution < -0.4 is 15.0 Å². The summed E-state index contributed by atoms with van der Waals surface area (Å²) in [6.07, 6.45) is 7.15. The summed E-state index contributed by atoms with van der Waals surface area (Å²) >= 11 is 6.23. The number of halogens is 1. The van der Waals surface area contributed by atoms with Gasteiger partial charge in [0.2, 0.25) is 11.8 Å². The summed E-state index contributed by atoms with van der Waals surface area (Å²) in [6.45, 7) is 4.30. The van der Waals surface area contributed by atoms with Crippen molar-refractivity contribution in [1.29, 1.82) is 0 Å². The zero-order valence-corrected chi connectivity index (χ0v) is 19.7. The van der Waals surface area contributed by atoms with Gasteiger partial charge in [0.1, 0.15) is 12.2 Å². The van der Waals surface area contributed by atoms with E-state index >= 15 is 0 Å². The molecule has 176 valence electrons. The van der Waals surface area contributed by atoms with Crippen molar-refractivity contribution < 1.29 is 14.6 Å². The molecule has 33 heavy (non-hydrogen) atoms. The summed E-state index contributed by atoms with van der Waals surface area (Å²) in [5.41, 5.74) is 1.87. The van der Waals surface area contributed by atoms with Gasteiger partial charge in [-0.3, -0.25) is 4.79 Å². The number of ether oxygens (including phenoxy) is 1. The van der Waals surface area contributed by atoms with Gasteiger partial charge in [-0.2, -0.15) is 4.98 Å². The number of fused-ring (bicyclic) bond motifs is 1. The smallest absolute Gasteiger partial charge is 0.258 e. The van der Waals surface area contributed by atoms with Crippen LogP contribution in [0.1, 0.15) is 60.5 Å². The van der Waals surface area contributed by atoms with Gasteiger partial charge in [0.15, 0.2) is 0 Å². The molecule has 8 heteroatoms. The first-order valence-corrected chi connectivity index (χ1v) is 12.3. The lowest BCUT2D eigenvalue weighted by atomic mass is 9.87. The average molecular weight is 471 g/mol. The molecule has 1 aromatic carbocycles. The molecular weight excluding hydrogens is 440 g/mol. The number of benzene rings is 1. The topological polar surface area (TPSA) is 87.6 Å². The molecule has 2 aliphatic carbocycles. The molecule has 3 aliphatic rings. The van der Waals surface area contributed by atoms with Crippen molar-refractivity contribution in [2.45, 2.75) is 58.3 Å². The fourth-order valence-corrected chi connectivity index (χ4v) is 5.23. The van der Waals surface area contributed by atoms with Gasteiger partial charge in [-0.05, 0) is 67.1 Å². The molecule has 2 N–H and O–H groups in total. The lowest BCUT2D eigenvalue weighted by molar-refractivity contribution is 0.0917. The summed E-state index contributed by atoms with van der Waals surface area (Å²) < 4.78 is 6.06. The molecule has 2 heterocycles. The normalized spacial score (nSPS) is 26.1. The first kappa shape index (κ1) is 22.4. The van der Waals surface area contributed by atoms with E-state index in [-0.39, 0.29) is 25.2 Å². The van der Waals surface area contributed by atoms with Crippen LogP contribution in [0.25, 0.3) is 0 Å². The molecule has 2 unspecified atom stereocenters. The number of aliphatic hydroxyl groups excluding tert-OH is 1. The maximum Gasteiger partial charge on any atom is 0.258 e. The molecule has 2 atom stereocenters. The number of anilines is 1. The number of nitrogens with one attached hydrogen (secondary N) is 1. The van der Waals surface area contributed by atoms with Crippen molar-refractivity contribution >= 4 is 23.5 Å². The van der Waals surface area contributed by atoms with E-state index in [0.717, 1.165) is 62.1 Å². The van der Waals surface area contributed by atoms with Crippen molar-refractivity contribution in [3.8, 4) is 5.88 Å². The molecule has 2 saturated carbocycles. The molecule has 1 aromatic heterocycles. The lowest BCUT2D eigenvalue weighted by Crippen LogP contribution is -2.37. The number of amides is 1. The SMILES string of the molecule is CC1CCC(NC(=O)c2cnc(N3CC4CC4C3)nc2OCc2ccc(CO)c(Cl)c2)CC1. The minimum absolute atomic E-state index is 0.114. The monoisotopic (exact) mass is 470 g/mol. The fourth-order valence-electron chi connectivity index (χ4n) is 4.97. The molecule has 2 aromatic rings. The van der Waals surface area contributed by atoms with Gasteiger partial charge in [-0.1, -0.05) is 30.7 Å². The van der Waals surface area contributed by atoms with Crippen LogP contribution in [-0.2, 0) is 13.2 Å². The minimum atomic E-state index is -0.186. The predicted octanol–water partition coefficient (Wildman–Crippen LogP) is 3.97. The highest BCUT2D eigenvalue weighted by Crippen LogP contribution is 2.45. The van der Waals surface area contributed by atoms with Crippen molar-refractivity contribution in [2.75, 3.05) is 18.0 Å². The molecule has 3 fully saturated rings. The van der Waals surface area contributed by atoms with E-state index in [0.29, 0.717) is 28.0 Å². The molecule has 0 spiro atoms. The Morgan fingerprint density at radius 2 is 2.00 bits per heavy atom. The van der Waals surface area contributed by atoms with Gasteiger partial charge >= 0.3 is 0 Å². The summed E-state index contributed by atoms with van der Waals surface area (Å²) in [5.74, 6) is 2.95.